The Kier molecular flexibility index (Phi) is 5.50. The fraction of sp³-hybridized carbons (Fsp3) is 0.462. The molecule has 0 saturated carbocycles. The molecule has 18 heavy (non-hydrogen) atoms. The number of carboxylic acid groups (broad SMARTS) is 1. The number of aliphatic carboxylic acids is 1. The molecule has 0 aliphatic heterocycles. The summed E-state index contributed by atoms with van der Waals surface area (Å²) in [6.45, 7) is 5.57. The van der Waals surface area contributed by atoms with Crippen LogP contribution in [0.5, 0.6) is 0 Å². The van der Waals surface area contributed by atoms with Gasteiger partial charge < -0.3 is 5.11 Å². The summed E-state index contributed by atoms with van der Waals surface area (Å²) in [7, 11) is 0. The highest BCUT2D eigenvalue weighted by Crippen LogP contribution is 2.25. The van der Waals surface area contributed by atoms with Gasteiger partial charge in [-0.05, 0) is 39.0 Å². The Morgan fingerprint density at radius 1 is 1.56 bits per heavy atom. The molecular weight excluding hydrogens is 270 g/mol. The maximum absolute atomic E-state index is 11.3. The Morgan fingerprint density at radius 2 is 2.22 bits per heavy atom. The number of nitrogens with one attached hydrogen (secondary N) is 1. The number of halogens is 1. The molecule has 1 atom stereocenters. The molecule has 0 aromatic heterocycles. The van der Waals surface area contributed by atoms with Gasteiger partial charge in [0.2, 0.25) is 0 Å². The molecular formula is C13H18ClNO2S. The summed E-state index contributed by atoms with van der Waals surface area (Å²) < 4.78 is 0. The summed E-state index contributed by atoms with van der Waals surface area (Å²) in [5.41, 5.74) is -0.943. The van der Waals surface area contributed by atoms with Crippen molar-refractivity contribution < 1.29 is 9.90 Å². The van der Waals surface area contributed by atoms with E-state index in [-0.39, 0.29) is 6.04 Å². The number of thioether (sulfide) groups is 1. The van der Waals surface area contributed by atoms with Crippen LogP contribution in [0.1, 0.15) is 20.8 Å². The lowest BCUT2D eigenvalue weighted by Crippen LogP contribution is -2.54. The van der Waals surface area contributed by atoms with Gasteiger partial charge in [0.05, 0.1) is 0 Å². The van der Waals surface area contributed by atoms with Gasteiger partial charge in [-0.3, -0.25) is 10.1 Å². The number of benzene rings is 1. The second-order valence-corrected chi connectivity index (χ2v) is 6.17. The zero-order chi connectivity index (χ0) is 13.8. The van der Waals surface area contributed by atoms with E-state index in [1.54, 1.807) is 13.0 Å². The number of hydrogen-bond acceptors (Lipinski definition) is 3. The molecule has 0 bridgehead atoms. The molecule has 100 valence electrons. The first kappa shape index (κ1) is 15.3. The normalized spacial score (nSPS) is 14.5. The van der Waals surface area contributed by atoms with Gasteiger partial charge in [0.15, 0.2) is 0 Å². The van der Waals surface area contributed by atoms with Crippen molar-refractivity contribution in [1.82, 2.24) is 5.32 Å². The Labute approximate surface area is 117 Å². The molecule has 0 aliphatic carbocycles. The third-order valence-electron chi connectivity index (χ3n) is 2.40. The van der Waals surface area contributed by atoms with Crippen LogP contribution < -0.4 is 5.32 Å². The topological polar surface area (TPSA) is 49.3 Å². The molecule has 5 heteroatoms. The lowest BCUT2D eigenvalue weighted by molar-refractivity contribution is -0.143. The highest BCUT2D eigenvalue weighted by atomic mass is 35.5. The molecule has 1 unspecified atom stereocenters. The van der Waals surface area contributed by atoms with Crippen molar-refractivity contribution in [3.63, 3.8) is 0 Å². The summed E-state index contributed by atoms with van der Waals surface area (Å²) in [6.07, 6.45) is 0. The van der Waals surface area contributed by atoms with Crippen LogP contribution in [0.25, 0.3) is 0 Å². The van der Waals surface area contributed by atoms with Crippen molar-refractivity contribution in [2.45, 2.75) is 37.2 Å². The molecule has 0 spiro atoms. The molecule has 0 aliphatic rings. The Morgan fingerprint density at radius 3 is 2.72 bits per heavy atom. The van der Waals surface area contributed by atoms with Crippen molar-refractivity contribution >= 4 is 29.3 Å². The molecule has 1 aromatic carbocycles. The predicted octanol–water partition coefficient (Wildman–Crippen LogP) is 3.27. The largest absolute Gasteiger partial charge is 0.480 e. The maximum Gasteiger partial charge on any atom is 0.324 e. The molecule has 1 rings (SSSR count). The van der Waals surface area contributed by atoms with Crippen LogP contribution in [-0.4, -0.2) is 28.4 Å². The van der Waals surface area contributed by atoms with E-state index < -0.39 is 11.5 Å². The predicted molar refractivity (Wildman–Crippen MR) is 76.5 cm³/mol. The van der Waals surface area contributed by atoms with Crippen molar-refractivity contribution in [2.75, 3.05) is 5.75 Å². The monoisotopic (exact) mass is 287 g/mol. The van der Waals surface area contributed by atoms with Gasteiger partial charge in [0.1, 0.15) is 5.54 Å². The summed E-state index contributed by atoms with van der Waals surface area (Å²) >= 11 is 7.38. The number of carbonyl (C=O) groups is 1. The Balaban J connectivity index is 2.71. The molecule has 0 fully saturated rings. The smallest absolute Gasteiger partial charge is 0.324 e. The van der Waals surface area contributed by atoms with Gasteiger partial charge in [0, 0.05) is 21.7 Å². The zero-order valence-corrected chi connectivity index (χ0v) is 12.3. The summed E-state index contributed by atoms with van der Waals surface area (Å²) in [5, 5.41) is 13.1. The number of hydrogen-bond donors (Lipinski definition) is 2. The van der Waals surface area contributed by atoms with Crippen molar-refractivity contribution in [2.24, 2.45) is 0 Å². The fourth-order valence-electron chi connectivity index (χ4n) is 1.59. The molecule has 0 heterocycles. The van der Waals surface area contributed by atoms with E-state index in [1.807, 2.05) is 32.0 Å². The molecule has 0 saturated heterocycles. The minimum atomic E-state index is -0.943. The van der Waals surface area contributed by atoms with E-state index in [0.717, 1.165) is 4.90 Å². The van der Waals surface area contributed by atoms with E-state index in [9.17, 15) is 9.90 Å². The quantitative estimate of drug-likeness (QED) is 0.789. The first-order valence-corrected chi connectivity index (χ1v) is 7.09. The highest BCUT2D eigenvalue weighted by molar-refractivity contribution is 7.99. The molecule has 3 nitrogen and oxygen atoms in total. The van der Waals surface area contributed by atoms with E-state index >= 15 is 0 Å². The van der Waals surface area contributed by atoms with Crippen LogP contribution in [0, 0.1) is 0 Å². The van der Waals surface area contributed by atoms with E-state index in [0.29, 0.717) is 10.8 Å². The van der Waals surface area contributed by atoms with Crippen molar-refractivity contribution in [3.8, 4) is 0 Å². The number of carboxylic acids is 1. The lowest BCUT2D eigenvalue weighted by atomic mass is 10.1. The van der Waals surface area contributed by atoms with Gasteiger partial charge in [-0.1, -0.05) is 17.7 Å². The van der Waals surface area contributed by atoms with Gasteiger partial charge in [-0.25, -0.2) is 0 Å². The Bertz CT molecular complexity index is 425. The van der Waals surface area contributed by atoms with Gasteiger partial charge in [0.25, 0.3) is 0 Å². The van der Waals surface area contributed by atoms with Crippen LogP contribution in [0.2, 0.25) is 5.02 Å². The van der Waals surface area contributed by atoms with Crippen LogP contribution >= 0.6 is 23.4 Å². The van der Waals surface area contributed by atoms with Crippen LogP contribution in [0.4, 0.5) is 0 Å². The lowest BCUT2D eigenvalue weighted by Gasteiger charge is -2.28. The zero-order valence-electron chi connectivity index (χ0n) is 10.7. The third-order valence-corrected chi connectivity index (χ3v) is 3.95. The van der Waals surface area contributed by atoms with Crippen LogP contribution in [0.15, 0.2) is 29.2 Å². The SMILES string of the molecule is CC(C)NC(C)(CSc1cccc(Cl)c1)C(=O)O. The molecule has 2 N–H and O–H groups in total. The van der Waals surface area contributed by atoms with Gasteiger partial charge in [-0.15, -0.1) is 11.8 Å². The van der Waals surface area contributed by atoms with Crippen LogP contribution in [-0.2, 0) is 4.79 Å². The van der Waals surface area contributed by atoms with Crippen molar-refractivity contribution in [3.05, 3.63) is 29.3 Å². The summed E-state index contributed by atoms with van der Waals surface area (Å²) in [6, 6.07) is 7.54. The average molecular weight is 288 g/mol. The van der Waals surface area contributed by atoms with Crippen LogP contribution in [0.3, 0.4) is 0 Å². The Hall–Kier alpha value is -0.710. The first-order chi connectivity index (χ1) is 8.33. The highest BCUT2D eigenvalue weighted by Gasteiger charge is 2.33. The minimum absolute atomic E-state index is 0.117. The summed E-state index contributed by atoms with van der Waals surface area (Å²) in [4.78, 5) is 12.3. The molecule has 0 radical (unpaired) electrons. The summed E-state index contributed by atoms with van der Waals surface area (Å²) in [5.74, 6) is -0.397. The van der Waals surface area contributed by atoms with Gasteiger partial charge >= 0.3 is 5.97 Å². The number of rotatable bonds is 6. The maximum atomic E-state index is 11.3. The van der Waals surface area contributed by atoms with E-state index in [4.69, 9.17) is 11.6 Å². The average Bonchev–Trinajstić information content (AvgIpc) is 2.25. The second-order valence-electron chi connectivity index (χ2n) is 4.68. The molecule has 1 aromatic rings. The van der Waals surface area contributed by atoms with Crippen molar-refractivity contribution in [1.29, 1.82) is 0 Å². The standard InChI is InChI=1S/C13H18ClNO2S/c1-9(2)15-13(3,12(16)17)8-18-11-6-4-5-10(14)7-11/h4-7,9,15H,8H2,1-3H3,(H,16,17). The third kappa shape index (κ3) is 4.52. The first-order valence-electron chi connectivity index (χ1n) is 5.73. The molecule has 0 amide bonds. The van der Waals surface area contributed by atoms with Gasteiger partial charge in [-0.2, -0.15) is 0 Å². The minimum Gasteiger partial charge on any atom is -0.480 e. The fourth-order valence-corrected chi connectivity index (χ4v) is 2.89. The second kappa shape index (κ2) is 6.45. The van der Waals surface area contributed by atoms with E-state index in [2.05, 4.69) is 5.32 Å². The van der Waals surface area contributed by atoms with E-state index in [1.165, 1.54) is 11.8 Å².